The van der Waals surface area contributed by atoms with Gasteiger partial charge in [-0.15, -0.1) is 4.91 Å². The molecule has 0 aromatic heterocycles. The average molecular weight is 398 g/mol. The fourth-order valence-corrected chi connectivity index (χ4v) is 9.16. The number of rotatable bonds is 10. The van der Waals surface area contributed by atoms with Crippen LogP contribution in [0.15, 0.2) is 9.65 Å². The molecule has 0 spiro atoms. The highest BCUT2D eigenvalue weighted by molar-refractivity contribution is 7.59. The highest BCUT2D eigenvalue weighted by Crippen LogP contribution is 2.55. The van der Waals surface area contributed by atoms with Crippen molar-refractivity contribution >= 4 is 15.0 Å². The normalized spacial score (nSPS) is 13.8. The maximum atomic E-state index is 5.74. The van der Waals surface area contributed by atoms with E-state index in [1.165, 1.54) is 0 Å². The lowest BCUT2D eigenvalue weighted by atomic mass is 10.8. The van der Waals surface area contributed by atoms with Crippen molar-refractivity contribution in [3.8, 4) is 0 Å². The molecule has 0 rings (SSSR count). The largest absolute Gasteiger partial charge is 0.258 e. The molecule has 9 nitrogen and oxygen atoms in total. The van der Waals surface area contributed by atoms with E-state index in [2.05, 4.69) is 75.2 Å². The fraction of sp³-hybridized carbons (Fsp3) is 1.00. The zero-order valence-electron chi connectivity index (χ0n) is 18.3. The third-order valence-corrected chi connectivity index (χ3v) is 11.2. The molecule has 11 heteroatoms. The molecular weight excluding hydrogens is 358 g/mol. The molecule has 0 aliphatic rings. The van der Waals surface area contributed by atoms with Crippen LogP contribution >= 0.6 is 15.0 Å². The van der Waals surface area contributed by atoms with E-state index in [0.717, 1.165) is 0 Å². The van der Waals surface area contributed by atoms with Crippen molar-refractivity contribution in [2.75, 3.05) is 97.7 Å². The molecule has 0 fully saturated rings. The van der Waals surface area contributed by atoms with Crippen LogP contribution in [0.4, 0.5) is 0 Å². The molecule has 0 saturated carbocycles. The van der Waals surface area contributed by atoms with E-state index in [0.29, 0.717) is 13.2 Å². The van der Waals surface area contributed by atoms with Crippen LogP contribution in [0.2, 0.25) is 0 Å². The van der Waals surface area contributed by atoms with Crippen molar-refractivity contribution in [1.29, 1.82) is 0 Å². The fourth-order valence-electron chi connectivity index (χ4n) is 3.08. The minimum absolute atomic E-state index is 0.467. The summed E-state index contributed by atoms with van der Waals surface area (Å²) in [4.78, 5) is 10.3. The lowest BCUT2D eigenvalue weighted by Gasteiger charge is -2.41. The summed E-state index contributed by atoms with van der Waals surface area (Å²) in [6.07, 6.45) is 0. The van der Waals surface area contributed by atoms with E-state index in [-0.39, 0.29) is 0 Å². The molecular formula is C14H40N8OP2. The SMILES string of the molecule is CN(C)P(=NCCON=P(N(C)C)(N(C)C)N(C)C)(N(C)C)N(C)C. The van der Waals surface area contributed by atoms with Crippen LogP contribution < -0.4 is 0 Å². The van der Waals surface area contributed by atoms with Gasteiger partial charge in [-0.05, 0) is 84.6 Å². The molecule has 0 bridgehead atoms. The Kier molecular flexibility index (Phi) is 10.6. The minimum Gasteiger partial charge on any atom is -0.258 e. The minimum atomic E-state index is -2.01. The number of hydrogen-bond acceptors (Lipinski definition) is 3. The second kappa shape index (κ2) is 10.5. The molecule has 0 aliphatic heterocycles. The molecule has 0 aromatic carbocycles. The number of hydrogen-bond donors (Lipinski definition) is 0. The Hall–Kier alpha value is 0.180. The van der Waals surface area contributed by atoms with Gasteiger partial charge in [0.15, 0.2) is 15.0 Å². The van der Waals surface area contributed by atoms with Gasteiger partial charge in [0.2, 0.25) is 0 Å². The summed E-state index contributed by atoms with van der Waals surface area (Å²) in [5, 5.41) is 0. The maximum Gasteiger partial charge on any atom is 0.196 e. The quantitative estimate of drug-likeness (QED) is 0.318. The van der Waals surface area contributed by atoms with Crippen LogP contribution in [0.25, 0.3) is 0 Å². The van der Waals surface area contributed by atoms with Gasteiger partial charge in [0.05, 0.1) is 13.2 Å². The molecule has 0 heterocycles. The first-order valence-corrected chi connectivity index (χ1v) is 11.5. The molecule has 0 unspecified atom stereocenters. The highest BCUT2D eigenvalue weighted by Gasteiger charge is 2.30. The van der Waals surface area contributed by atoms with Crippen LogP contribution in [0.1, 0.15) is 0 Å². The van der Waals surface area contributed by atoms with E-state index in [9.17, 15) is 0 Å². The lowest BCUT2D eigenvalue weighted by Crippen LogP contribution is -2.31. The maximum absolute atomic E-state index is 5.74. The Labute approximate surface area is 155 Å². The van der Waals surface area contributed by atoms with E-state index in [1.807, 2.05) is 42.3 Å². The predicted octanol–water partition coefficient (Wildman–Crippen LogP) is 2.18. The standard InChI is InChI=1S/C14H40N8OP2/c1-17(2)24(18(3)4,19(5)6)15-13-14-23-16-25(20(7)8,21(9)10)22(11)12/h13-14H2,1-12H3. The zero-order chi connectivity index (χ0) is 20.0. The Morgan fingerprint density at radius 3 is 1.16 bits per heavy atom. The van der Waals surface area contributed by atoms with Gasteiger partial charge < -0.3 is 0 Å². The Morgan fingerprint density at radius 2 is 0.880 bits per heavy atom. The summed E-state index contributed by atoms with van der Waals surface area (Å²) in [5.41, 5.74) is 0. The van der Waals surface area contributed by atoms with Crippen molar-refractivity contribution in [2.45, 2.75) is 0 Å². The summed E-state index contributed by atoms with van der Waals surface area (Å²) < 4.78 is 17.9. The van der Waals surface area contributed by atoms with Gasteiger partial charge in [0.1, 0.15) is 0 Å². The lowest BCUT2D eigenvalue weighted by molar-refractivity contribution is 0.149. The molecule has 0 atom stereocenters. The Morgan fingerprint density at radius 1 is 0.560 bits per heavy atom. The van der Waals surface area contributed by atoms with Crippen LogP contribution in [0.3, 0.4) is 0 Å². The third-order valence-electron chi connectivity index (χ3n) is 3.86. The first kappa shape index (κ1) is 25.2. The van der Waals surface area contributed by atoms with Crippen molar-refractivity contribution in [1.82, 2.24) is 28.0 Å². The van der Waals surface area contributed by atoms with Gasteiger partial charge in [-0.1, -0.05) is 0 Å². The summed E-state index contributed by atoms with van der Waals surface area (Å²) >= 11 is 0. The molecule has 0 saturated heterocycles. The van der Waals surface area contributed by atoms with E-state index in [4.69, 9.17) is 9.58 Å². The molecule has 0 aliphatic carbocycles. The van der Waals surface area contributed by atoms with Crippen LogP contribution in [0, 0.1) is 0 Å². The monoisotopic (exact) mass is 398 g/mol. The first-order chi connectivity index (χ1) is 11.4. The van der Waals surface area contributed by atoms with Gasteiger partial charge >= 0.3 is 0 Å². The molecule has 0 aromatic rings. The van der Waals surface area contributed by atoms with Crippen LogP contribution in [-0.2, 0) is 4.84 Å². The van der Waals surface area contributed by atoms with E-state index >= 15 is 0 Å². The van der Waals surface area contributed by atoms with Crippen LogP contribution in [0.5, 0.6) is 0 Å². The summed E-state index contributed by atoms with van der Waals surface area (Å²) in [6, 6.07) is 0. The first-order valence-electron chi connectivity index (χ1n) is 8.25. The average Bonchev–Trinajstić information content (AvgIpc) is 2.44. The third kappa shape index (κ3) is 5.58. The van der Waals surface area contributed by atoms with Gasteiger partial charge in [0.25, 0.3) is 0 Å². The zero-order valence-corrected chi connectivity index (χ0v) is 20.1. The topological polar surface area (TPSA) is 53.4 Å². The second-order valence-electron chi connectivity index (χ2n) is 6.94. The number of nitrogens with zero attached hydrogens (tertiary/aromatic N) is 8. The summed E-state index contributed by atoms with van der Waals surface area (Å²) in [5.74, 6) is 0. The van der Waals surface area contributed by atoms with E-state index in [1.54, 1.807) is 0 Å². The Balaban J connectivity index is 5.39. The van der Waals surface area contributed by atoms with Crippen molar-refractivity contribution in [3.05, 3.63) is 0 Å². The predicted molar refractivity (Wildman–Crippen MR) is 112 cm³/mol. The van der Waals surface area contributed by atoms with Gasteiger partial charge in [-0.2, -0.15) is 0 Å². The van der Waals surface area contributed by atoms with E-state index < -0.39 is 15.0 Å². The Bertz CT molecular complexity index is 402. The van der Waals surface area contributed by atoms with Gasteiger partial charge in [-0.3, -0.25) is 32.8 Å². The van der Waals surface area contributed by atoms with Crippen LogP contribution in [-0.4, -0.2) is 126 Å². The van der Waals surface area contributed by atoms with Crippen molar-refractivity contribution in [3.63, 3.8) is 0 Å². The summed E-state index contributed by atoms with van der Waals surface area (Å²) in [6.45, 7) is 1.06. The molecule has 0 radical (unpaired) electrons. The molecule has 25 heavy (non-hydrogen) atoms. The molecule has 0 amide bonds. The summed E-state index contributed by atoms with van der Waals surface area (Å²) in [7, 11) is 20.8. The molecule has 152 valence electrons. The smallest absolute Gasteiger partial charge is 0.196 e. The van der Waals surface area contributed by atoms with Gasteiger partial charge in [-0.25, -0.2) is 4.84 Å². The van der Waals surface area contributed by atoms with Crippen molar-refractivity contribution < 1.29 is 4.84 Å². The second-order valence-corrected chi connectivity index (χ2v) is 14.3. The molecule has 0 N–H and O–H groups in total. The van der Waals surface area contributed by atoms with Gasteiger partial charge in [0, 0.05) is 0 Å². The highest BCUT2D eigenvalue weighted by atomic mass is 31.2. The van der Waals surface area contributed by atoms with Crippen molar-refractivity contribution in [2.24, 2.45) is 9.65 Å².